The van der Waals surface area contributed by atoms with E-state index in [0.29, 0.717) is 12.8 Å². The first-order chi connectivity index (χ1) is 7.07. The topological polar surface area (TPSA) is 40.9 Å². The van der Waals surface area contributed by atoms with Gasteiger partial charge in [-0.25, -0.2) is 0 Å². The first kappa shape index (κ1) is 9.92. The standard InChI is InChI=1S/C13H13NO/c1-9-3-4-10(2)12(5-9)13(8-14)6-11(15)7-13/h3-5H,6-7H2,1-2H3. The Hall–Kier alpha value is -1.62. The Kier molecular flexibility index (Phi) is 2.12. The molecule has 0 saturated heterocycles. The molecule has 76 valence electrons. The van der Waals surface area contributed by atoms with Gasteiger partial charge in [-0.3, -0.25) is 4.79 Å². The Morgan fingerprint density at radius 2 is 2.00 bits per heavy atom. The third-order valence-electron chi connectivity index (χ3n) is 3.12. The molecule has 1 aliphatic rings. The maximum atomic E-state index is 11.1. The summed E-state index contributed by atoms with van der Waals surface area (Å²) in [6.45, 7) is 4.01. The molecular weight excluding hydrogens is 186 g/mol. The molecule has 0 bridgehead atoms. The van der Waals surface area contributed by atoms with Gasteiger partial charge in [0.25, 0.3) is 0 Å². The number of aryl methyl sites for hydroxylation is 2. The molecule has 0 N–H and O–H groups in total. The molecule has 0 atom stereocenters. The fourth-order valence-electron chi connectivity index (χ4n) is 2.20. The molecule has 1 aliphatic carbocycles. The monoisotopic (exact) mass is 199 g/mol. The Balaban J connectivity index is 2.49. The van der Waals surface area contributed by atoms with Crippen LogP contribution in [-0.2, 0) is 10.2 Å². The minimum Gasteiger partial charge on any atom is -0.300 e. The van der Waals surface area contributed by atoms with E-state index in [4.69, 9.17) is 0 Å². The molecule has 1 aromatic rings. The van der Waals surface area contributed by atoms with Crippen LogP contribution in [-0.4, -0.2) is 5.78 Å². The molecule has 0 spiro atoms. The molecule has 2 rings (SSSR count). The molecule has 1 fully saturated rings. The van der Waals surface area contributed by atoms with E-state index < -0.39 is 5.41 Å². The van der Waals surface area contributed by atoms with E-state index in [1.165, 1.54) is 0 Å². The number of hydrogen-bond acceptors (Lipinski definition) is 2. The lowest BCUT2D eigenvalue weighted by Gasteiger charge is -2.35. The predicted molar refractivity (Wildman–Crippen MR) is 57.4 cm³/mol. The van der Waals surface area contributed by atoms with Gasteiger partial charge in [-0.2, -0.15) is 5.26 Å². The van der Waals surface area contributed by atoms with Crippen molar-refractivity contribution in [3.05, 3.63) is 34.9 Å². The van der Waals surface area contributed by atoms with Crippen LogP contribution in [0.25, 0.3) is 0 Å². The maximum absolute atomic E-state index is 11.1. The SMILES string of the molecule is Cc1ccc(C)c(C2(C#N)CC(=O)C2)c1. The van der Waals surface area contributed by atoms with E-state index in [2.05, 4.69) is 6.07 Å². The van der Waals surface area contributed by atoms with Gasteiger partial charge in [-0.1, -0.05) is 23.8 Å². The number of rotatable bonds is 1. The van der Waals surface area contributed by atoms with Crippen LogP contribution in [0.1, 0.15) is 29.5 Å². The second kappa shape index (κ2) is 3.20. The Morgan fingerprint density at radius 1 is 1.33 bits per heavy atom. The van der Waals surface area contributed by atoms with Crippen molar-refractivity contribution in [3.63, 3.8) is 0 Å². The Bertz CT molecular complexity index is 460. The highest BCUT2D eigenvalue weighted by Gasteiger charge is 2.46. The van der Waals surface area contributed by atoms with Gasteiger partial charge in [-0.05, 0) is 25.0 Å². The summed E-state index contributed by atoms with van der Waals surface area (Å²) < 4.78 is 0. The van der Waals surface area contributed by atoms with E-state index in [-0.39, 0.29) is 5.78 Å². The first-order valence-electron chi connectivity index (χ1n) is 5.08. The number of nitrogens with zero attached hydrogens (tertiary/aromatic N) is 1. The van der Waals surface area contributed by atoms with Crippen molar-refractivity contribution < 1.29 is 4.79 Å². The molecule has 2 nitrogen and oxygen atoms in total. The van der Waals surface area contributed by atoms with Crippen LogP contribution in [0.4, 0.5) is 0 Å². The van der Waals surface area contributed by atoms with E-state index in [1.807, 2.05) is 32.0 Å². The fourth-order valence-corrected chi connectivity index (χ4v) is 2.20. The lowest BCUT2D eigenvalue weighted by Crippen LogP contribution is -2.40. The summed E-state index contributed by atoms with van der Waals surface area (Å²) >= 11 is 0. The van der Waals surface area contributed by atoms with Crippen LogP contribution in [0.3, 0.4) is 0 Å². The van der Waals surface area contributed by atoms with Crippen LogP contribution in [0.5, 0.6) is 0 Å². The van der Waals surface area contributed by atoms with E-state index >= 15 is 0 Å². The molecule has 0 radical (unpaired) electrons. The van der Waals surface area contributed by atoms with Crippen molar-refractivity contribution in [1.82, 2.24) is 0 Å². The molecule has 0 unspecified atom stereocenters. The van der Waals surface area contributed by atoms with E-state index in [0.717, 1.165) is 16.7 Å². The number of benzene rings is 1. The van der Waals surface area contributed by atoms with Gasteiger partial charge in [0.1, 0.15) is 5.78 Å². The van der Waals surface area contributed by atoms with Crippen LogP contribution in [0.15, 0.2) is 18.2 Å². The van der Waals surface area contributed by atoms with Crippen LogP contribution >= 0.6 is 0 Å². The largest absolute Gasteiger partial charge is 0.300 e. The molecule has 0 heterocycles. The fraction of sp³-hybridized carbons (Fsp3) is 0.385. The molecule has 0 aliphatic heterocycles. The molecule has 1 saturated carbocycles. The van der Waals surface area contributed by atoms with Crippen molar-refractivity contribution in [2.45, 2.75) is 32.1 Å². The minimum atomic E-state index is -0.535. The highest BCUT2D eigenvalue weighted by atomic mass is 16.1. The van der Waals surface area contributed by atoms with Gasteiger partial charge in [0.05, 0.1) is 11.5 Å². The van der Waals surface area contributed by atoms with Crippen LogP contribution < -0.4 is 0 Å². The summed E-state index contributed by atoms with van der Waals surface area (Å²) in [5, 5.41) is 9.22. The third-order valence-corrected chi connectivity index (χ3v) is 3.12. The Morgan fingerprint density at radius 3 is 2.53 bits per heavy atom. The van der Waals surface area contributed by atoms with Crippen molar-refractivity contribution in [3.8, 4) is 6.07 Å². The predicted octanol–water partition coefficient (Wildman–Crippen LogP) is 2.43. The first-order valence-corrected chi connectivity index (χ1v) is 5.08. The van der Waals surface area contributed by atoms with Gasteiger partial charge in [0, 0.05) is 12.8 Å². The third kappa shape index (κ3) is 1.45. The average molecular weight is 199 g/mol. The van der Waals surface area contributed by atoms with E-state index in [1.54, 1.807) is 0 Å². The summed E-state index contributed by atoms with van der Waals surface area (Å²) in [5.41, 5.74) is 2.75. The number of ketones is 1. The molecule has 2 heteroatoms. The number of carbonyl (C=O) groups excluding carboxylic acids is 1. The zero-order chi connectivity index (χ0) is 11.1. The molecule has 0 amide bonds. The molecule has 15 heavy (non-hydrogen) atoms. The minimum absolute atomic E-state index is 0.192. The second-order valence-electron chi connectivity index (χ2n) is 4.40. The zero-order valence-electron chi connectivity index (χ0n) is 9.00. The highest BCUT2D eigenvalue weighted by Crippen LogP contribution is 2.42. The van der Waals surface area contributed by atoms with E-state index in [9.17, 15) is 10.1 Å². The molecular formula is C13H13NO. The number of Topliss-reactive ketones (excluding diaryl/α,β-unsaturated/α-hetero) is 1. The van der Waals surface area contributed by atoms with Gasteiger partial charge < -0.3 is 0 Å². The van der Waals surface area contributed by atoms with Gasteiger partial charge in [0.2, 0.25) is 0 Å². The van der Waals surface area contributed by atoms with Crippen LogP contribution in [0.2, 0.25) is 0 Å². The second-order valence-corrected chi connectivity index (χ2v) is 4.40. The summed E-state index contributed by atoms with van der Waals surface area (Å²) in [6, 6.07) is 8.39. The van der Waals surface area contributed by atoms with Crippen molar-refractivity contribution >= 4 is 5.78 Å². The average Bonchev–Trinajstić information content (AvgIpc) is 2.17. The molecule has 1 aromatic carbocycles. The van der Waals surface area contributed by atoms with Crippen molar-refractivity contribution in [1.29, 1.82) is 5.26 Å². The number of carbonyl (C=O) groups is 1. The number of hydrogen-bond donors (Lipinski definition) is 0. The highest BCUT2D eigenvalue weighted by molar-refractivity contribution is 5.90. The van der Waals surface area contributed by atoms with Gasteiger partial charge in [0.15, 0.2) is 0 Å². The smallest absolute Gasteiger partial charge is 0.136 e. The lowest BCUT2D eigenvalue weighted by atomic mass is 9.63. The van der Waals surface area contributed by atoms with Gasteiger partial charge >= 0.3 is 0 Å². The molecule has 0 aromatic heterocycles. The Labute approximate surface area is 89.5 Å². The summed E-state index contributed by atoms with van der Waals surface area (Å²) in [5.74, 6) is 0.192. The normalized spacial score (nSPS) is 18.1. The number of nitriles is 1. The van der Waals surface area contributed by atoms with Crippen molar-refractivity contribution in [2.24, 2.45) is 0 Å². The lowest BCUT2D eigenvalue weighted by molar-refractivity contribution is -0.126. The van der Waals surface area contributed by atoms with Crippen molar-refractivity contribution in [2.75, 3.05) is 0 Å². The van der Waals surface area contributed by atoms with Crippen LogP contribution in [0, 0.1) is 25.2 Å². The summed E-state index contributed by atoms with van der Waals surface area (Å²) in [6.07, 6.45) is 0.765. The summed E-state index contributed by atoms with van der Waals surface area (Å²) in [4.78, 5) is 11.1. The quantitative estimate of drug-likeness (QED) is 0.697. The van der Waals surface area contributed by atoms with Gasteiger partial charge in [-0.15, -0.1) is 0 Å². The summed E-state index contributed by atoms with van der Waals surface area (Å²) in [7, 11) is 0. The maximum Gasteiger partial charge on any atom is 0.136 e. The zero-order valence-corrected chi connectivity index (χ0v) is 9.00.